The Morgan fingerprint density at radius 2 is 1.71 bits per heavy atom. The predicted octanol–water partition coefficient (Wildman–Crippen LogP) is 5.23. The Bertz CT molecular complexity index is 1360. The molecule has 0 amide bonds. The molecule has 0 aliphatic carbocycles. The molecule has 38 heavy (non-hydrogen) atoms. The van der Waals surface area contributed by atoms with Gasteiger partial charge in [0.15, 0.2) is 11.6 Å². The molecular formula is C27H28F2N6O2S. The maximum absolute atomic E-state index is 14.7. The van der Waals surface area contributed by atoms with Crippen LogP contribution in [0, 0.1) is 11.6 Å². The van der Waals surface area contributed by atoms with Crippen LogP contribution in [0.3, 0.4) is 0 Å². The van der Waals surface area contributed by atoms with E-state index < -0.39 is 22.6 Å². The Labute approximate surface area is 222 Å². The highest BCUT2D eigenvalue weighted by Crippen LogP contribution is 2.34. The van der Waals surface area contributed by atoms with Crippen LogP contribution in [0.25, 0.3) is 11.3 Å². The summed E-state index contributed by atoms with van der Waals surface area (Å²) in [5, 5.41) is 3.28. The van der Waals surface area contributed by atoms with E-state index in [2.05, 4.69) is 25.0 Å². The van der Waals surface area contributed by atoms with E-state index in [1.54, 1.807) is 42.5 Å². The van der Waals surface area contributed by atoms with E-state index >= 15 is 0 Å². The minimum atomic E-state index is -1.65. The van der Waals surface area contributed by atoms with Gasteiger partial charge in [-0.15, -0.1) is 0 Å². The zero-order valence-electron chi connectivity index (χ0n) is 20.6. The van der Waals surface area contributed by atoms with Gasteiger partial charge in [0.2, 0.25) is 17.6 Å². The number of piperidine rings is 1. The van der Waals surface area contributed by atoms with Crippen molar-refractivity contribution in [2.24, 2.45) is 0 Å². The fourth-order valence-corrected chi connectivity index (χ4v) is 4.64. The second-order valence-corrected chi connectivity index (χ2v) is 9.57. The van der Waals surface area contributed by atoms with E-state index in [9.17, 15) is 13.0 Å². The van der Waals surface area contributed by atoms with Gasteiger partial charge in [-0.3, -0.25) is 0 Å². The molecule has 1 saturated heterocycles. The number of hydrogen-bond acceptors (Lipinski definition) is 7. The number of ether oxygens (including phenoxy) is 1. The zero-order valence-corrected chi connectivity index (χ0v) is 21.4. The van der Waals surface area contributed by atoms with E-state index in [1.165, 1.54) is 56.9 Å². The van der Waals surface area contributed by atoms with Gasteiger partial charge in [0.1, 0.15) is 11.0 Å². The van der Waals surface area contributed by atoms with Gasteiger partial charge < -0.3 is 20.5 Å². The molecule has 1 aliphatic heterocycles. The van der Waals surface area contributed by atoms with Gasteiger partial charge in [0.25, 0.3) is 0 Å². The zero-order chi connectivity index (χ0) is 26.7. The Morgan fingerprint density at radius 3 is 2.39 bits per heavy atom. The molecule has 4 N–H and O–H groups in total. The highest BCUT2D eigenvalue weighted by molar-refractivity contribution is 7.85. The Morgan fingerprint density at radius 1 is 0.921 bits per heavy atom. The average molecular weight is 539 g/mol. The number of nitrogens with zero attached hydrogens (tertiary/aromatic N) is 3. The second-order valence-electron chi connectivity index (χ2n) is 8.39. The quantitative estimate of drug-likeness (QED) is 0.295. The number of nitrogens with two attached hydrogens (primary N) is 1. The summed E-state index contributed by atoms with van der Waals surface area (Å²) in [6.07, 6.45) is 7.12. The fraction of sp³-hybridized carbons (Fsp3) is 0.222. The van der Waals surface area contributed by atoms with Gasteiger partial charge in [-0.05, 0) is 61.8 Å². The third kappa shape index (κ3) is 7.53. The summed E-state index contributed by atoms with van der Waals surface area (Å²) in [7, 11) is -1.65. The van der Waals surface area contributed by atoms with Crippen molar-refractivity contribution in [3.05, 3.63) is 90.3 Å². The molecule has 1 atom stereocenters. The van der Waals surface area contributed by atoms with Crippen LogP contribution in [0.4, 0.5) is 20.4 Å². The van der Waals surface area contributed by atoms with Gasteiger partial charge in [0, 0.05) is 12.4 Å². The monoisotopic (exact) mass is 538 g/mol. The van der Waals surface area contributed by atoms with Gasteiger partial charge in [-0.1, -0.05) is 36.8 Å². The molecule has 2 aromatic carbocycles. The number of pyridine rings is 1. The summed E-state index contributed by atoms with van der Waals surface area (Å²) in [5.41, 5.74) is 7.02. The van der Waals surface area contributed by atoms with Crippen molar-refractivity contribution in [3.8, 4) is 22.9 Å². The van der Waals surface area contributed by atoms with Crippen LogP contribution >= 0.6 is 0 Å². The van der Waals surface area contributed by atoms with E-state index in [1.807, 2.05) is 6.07 Å². The van der Waals surface area contributed by atoms with Crippen molar-refractivity contribution in [3.63, 3.8) is 0 Å². The maximum Gasteiger partial charge on any atom is 0.228 e. The fourth-order valence-electron chi connectivity index (χ4n) is 3.67. The molecule has 0 saturated carbocycles. The number of benzene rings is 2. The van der Waals surface area contributed by atoms with E-state index in [4.69, 9.17) is 10.5 Å². The van der Waals surface area contributed by atoms with E-state index in [0.29, 0.717) is 11.3 Å². The first-order valence-corrected chi connectivity index (χ1v) is 13.4. The molecule has 8 nitrogen and oxygen atoms in total. The average Bonchev–Trinajstić information content (AvgIpc) is 2.95. The van der Waals surface area contributed by atoms with Crippen LogP contribution in [-0.2, 0) is 16.7 Å². The van der Waals surface area contributed by atoms with Gasteiger partial charge in [-0.25, -0.2) is 23.6 Å². The molecular weight excluding hydrogens is 510 g/mol. The lowest BCUT2D eigenvalue weighted by molar-refractivity contribution is 0.408. The summed E-state index contributed by atoms with van der Waals surface area (Å²) in [6, 6.07) is 16.4. The summed E-state index contributed by atoms with van der Waals surface area (Å²) in [5.74, 6) is -2.65. The normalized spacial score (nSPS) is 13.6. The van der Waals surface area contributed by atoms with Crippen molar-refractivity contribution < 1.29 is 17.7 Å². The van der Waals surface area contributed by atoms with Crippen molar-refractivity contribution in [2.45, 2.75) is 25.0 Å². The van der Waals surface area contributed by atoms with Gasteiger partial charge in [-0.2, -0.15) is 4.39 Å². The number of aromatic nitrogens is 3. The number of nitrogen functional groups attached to an aromatic ring is 1. The highest BCUT2D eigenvalue weighted by atomic mass is 32.2. The Kier molecular flexibility index (Phi) is 9.65. The molecule has 11 heteroatoms. The summed E-state index contributed by atoms with van der Waals surface area (Å²) >= 11 is 0. The topological polar surface area (TPSA) is 115 Å². The lowest BCUT2D eigenvalue weighted by atomic mass is 10.2. The van der Waals surface area contributed by atoms with Crippen molar-refractivity contribution in [1.29, 1.82) is 0 Å². The number of anilines is 2. The first-order valence-electron chi connectivity index (χ1n) is 12.1. The molecule has 1 unspecified atom stereocenters. The molecule has 5 rings (SSSR count). The van der Waals surface area contributed by atoms with Crippen LogP contribution in [0.1, 0.15) is 24.8 Å². The summed E-state index contributed by atoms with van der Waals surface area (Å²) in [4.78, 5) is 12.0. The van der Waals surface area contributed by atoms with Crippen molar-refractivity contribution in [1.82, 2.24) is 20.3 Å². The molecule has 1 aliphatic rings. The van der Waals surface area contributed by atoms with Gasteiger partial charge in [0.05, 0.1) is 22.7 Å². The van der Waals surface area contributed by atoms with Crippen molar-refractivity contribution >= 4 is 22.6 Å². The van der Waals surface area contributed by atoms with Crippen LogP contribution < -0.4 is 20.5 Å². The minimum absolute atomic E-state index is 0.0114. The molecule has 1 fully saturated rings. The van der Waals surface area contributed by atoms with Crippen LogP contribution in [0.2, 0.25) is 0 Å². The first-order chi connectivity index (χ1) is 18.5. The molecule has 2 aromatic heterocycles. The lowest BCUT2D eigenvalue weighted by Gasteiger charge is -2.13. The number of nitrogens with one attached hydrogen (secondary N) is 2. The van der Waals surface area contributed by atoms with Crippen LogP contribution in [-0.4, -0.2) is 32.3 Å². The maximum atomic E-state index is 14.7. The Hall–Kier alpha value is -3.96. The SMILES string of the molecule is C1CCNCC1.Nc1nccc(-c2cccnc2Oc2ccc(NS(=O)Cc3ccccc3)c(F)c2F)n1. The third-order valence-electron chi connectivity index (χ3n) is 5.55. The first kappa shape index (κ1) is 27.1. The largest absolute Gasteiger partial charge is 0.435 e. The molecule has 0 bridgehead atoms. The third-order valence-corrected chi connectivity index (χ3v) is 6.59. The number of hydrogen-bond donors (Lipinski definition) is 3. The molecule has 3 heterocycles. The predicted molar refractivity (Wildman–Crippen MR) is 145 cm³/mol. The summed E-state index contributed by atoms with van der Waals surface area (Å²) in [6.45, 7) is 2.50. The molecule has 4 aromatic rings. The second kappa shape index (κ2) is 13.5. The lowest BCUT2D eigenvalue weighted by Crippen LogP contribution is -2.21. The van der Waals surface area contributed by atoms with E-state index in [0.717, 1.165) is 5.56 Å². The molecule has 0 radical (unpaired) electrons. The summed E-state index contributed by atoms with van der Waals surface area (Å²) < 4.78 is 49.7. The minimum Gasteiger partial charge on any atom is -0.435 e. The Balaban J connectivity index is 0.000000494. The smallest absolute Gasteiger partial charge is 0.228 e. The van der Waals surface area contributed by atoms with Gasteiger partial charge >= 0.3 is 0 Å². The standard InChI is InChI=1S/C22H17F2N5O2S.C5H11N/c23-19-17(29-32(30)13-14-5-2-1-3-6-14)8-9-18(20(19)24)31-21-15(7-4-11-26-21)16-10-12-27-22(25)28-16;1-2-4-6-5-3-1/h1-12,29H,13H2,(H2,25,27,28);6H,1-5H2. The number of halogens is 2. The van der Waals surface area contributed by atoms with Crippen LogP contribution in [0.15, 0.2) is 73.1 Å². The van der Waals surface area contributed by atoms with E-state index in [-0.39, 0.29) is 29.0 Å². The molecule has 198 valence electrons. The van der Waals surface area contributed by atoms with Crippen LogP contribution in [0.5, 0.6) is 11.6 Å². The molecule has 0 spiro atoms. The highest BCUT2D eigenvalue weighted by Gasteiger charge is 2.19. The van der Waals surface area contributed by atoms with Crippen molar-refractivity contribution in [2.75, 3.05) is 23.5 Å². The number of rotatable bonds is 7.